The van der Waals surface area contributed by atoms with Gasteiger partial charge in [-0.25, -0.2) is 13.8 Å². The number of amides is 1. The Labute approximate surface area is 166 Å². The molecule has 0 bridgehead atoms. The lowest BCUT2D eigenvalue weighted by molar-refractivity contribution is -0.124. The summed E-state index contributed by atoms with van der Waals surface area (Å²) in [7, 11) is 0. The zero-order valence-electron chi connectivity index (χ0n) is 15.5. The Morgan fingerprint density at radius 2 is 1.86 bits per heavy atom. The number of anilines is 1. The van der Waals surface area contributed by atoms with E-state index in [9.17, 15) is 13.6 Å². The molecule has 3 aromatic rings. The minimum absolute atomic E-state index is 0.0285. The highest BCUT2D eigenvalue weighted by atomic mass is 35.5. The summed E-state index contributed by atoms with van der Waals surface area (Å²) in [5, 5.41) is 6.75. The van der Waals surface area contributed by atoms with Gasteiger partial charge in [0.2, 0.25) is 5.91 Å². The van der Waals surface area contributed by atoms with E-state index in [0.717, 1.165) is 17.3 Å². The predicted molar refractivity (Wildman–Crippen MR) is 107 cm³/mol. The van der Waals surface area contributed by atoms with Gasteiger partial charge in [0.15, 0.2) is 11.6 Å². The number of carbonyl (C=O) groups excluding carboxylic acids is 1. The van der Waals surface area contributed by atoms with Gasteiger partial charge in [0.05, 0.1) is 0 Å². The number of nitrogens with zero attached hydrogens (tertiary/aromatic N) is 1. The molecule has 1 aromatic heterocycles. The highest BCUT2D eigenvalue weighted by molar-refractivity contribution is 6.30. The van der Waals surface area contributed by atoms with Gasteiger partial charge >= 0.3 is 0 Å². The minimum Gasteiger partial charge on any atom is -0.381 e. The molecule has 0 saturated heterocycles. The molecule has 0 unspecified atom stereocenters. The van der Waals surface area contributed by atoms with E-state index < -0.39 is 11.6 Å². The van der Waals surface area contributed by atoms with Crippen molar-refractivity contribution < 1.29 is 13.6 Å². The second-order valence-electron chi connectivity index (χ2n) is 6.74. The van der Waals surface area contributed by atoms with Crippen LogP contribution in [-0.2, 0) is 17.9 Å². The monoisotopic (exact) mass is 403 g/mol. The number of carbonyl (C=O) groups is 1. The highest BCUT2D eigenvalue weighted by Crippen LogP contribution is 2.26. The average Bonchev–Trinajstić information content (AvgIpc) is 2.67. The summed E-state index contributed by atoms with van der Waals surface area (Å²) < 4.78 is 27.6. The van der Waals surface area contributed by atoms with Crippen LogP contribution >= 0.6 is 11.6 Å². The zero-order valence-corrected chi connectivity index (χ0v) is 16.3. The summed E-state index contributed by atoms with van der Waals surface area (Å²) >= 11 is 6.00. The Bertz CT molecular complexity index is 1020. The molecule has 0 spiro atoms. The lowest BCUT2D eigenvalue weighted by Crippen LogP contribution is -2.27. The van der Waals surface area contributed by atoms with Gasteiger partial charge in [-0.1, -0.05) is 43.6 Å². The van der Waals surface area contributed by atoms with E-state index in [1.807, 2.05) is 38.1 Å². The van der Waals surface area contributed by atoms with Crippen LogP contribution in [0.25, 0.3) is 10.9 Å². The molecule has 0 saturated carbocycles. The fraction of sp³-hybridized carbons (Fsp3) is 0.238. The van der Waals surface area contributed by atoms with Crippen LogP contribution in [0.5, 0.6) is 0 Å². The number of hydrogen-bond acceptors (Lipinski definition) is 3. The van der Waals surface area contributed by atoms with Gasteiger partial charge < -0.3 is 10.6 Å². The summed E-state index contributed by atoms with van der Waals surface area (Å²) in [6, 6.07) is 11.8. The quantitative estimate of drug-likeness (QED) is 0.566. The molecule has 0 aliphatic carbocycles. The summed E-state index contributed by atoms with van der Waals surface area (Å²) in [5.74, 6) is -2.11. The van der Waals surface area contributed by atoms with Crippen LogP contribution in [0.3, 0.4) is 0 Å². The van der Waals surface area contributed by atoms with E-state index in [1.165, 1.54) is 6.07 Å². The molecule has 1 amide bonds. The van der Waals surface area contributed by atoms with Crippen molar-refractivity contribution in [1.29, 1.82) is 0 Å². The zero-order chi connectivity index (χ0) is 20.3. The first-order valence-electron chi connectivity index (χ1n) is 8.89. The van der Waals surface area contributed by atoms with E-state index in [-0.39, 0.29) is 22.5 Å². The second kappa shape index (κ2) is 8.52. The topological polar surface area (TPSA) is 54.0 Å². The maximum atomic E-state index is 14.1. The standard InChI is InChI=1S/C21H20ClF2N3O/c1-12(2)21(28)26-10-13-5-3-4-6-17(13)25-11-14-9-18(22)27-20-15(14)7-8-16(23)19(20)24/h3-9,12,25H,10-11H2,1-2H3,(H,26,28). The van der Waals surface area contributed by atoms with E-state index >= 15 is 0 Å². The molecule has 146 valence electrons. The van der Waals surface area contributed by atoms with Gasteiger partial charge in [-0.15, -0.1) is 0 Å². The number of aromatic nitrogens is 1. The van der Waals surface area contributed by atoms with E-state index in [0.29, 0.717) is 24.0 Å². The van der Waals surface area contributed by atoms with Crippen LogP contribution in [0, 0.1) is 17.6 Å². The van der Waals surface area contributed by atoms with Crippen molar-refractivity contribution >= 4 is 34.1 Å². The molecule has 3 rings (SSSR count). The van der Waals surface area contributed by atoms with Crippen LogP contribution in [0.1, 0.15) is 25.0 Å². The van der Waals surface area contributed by atoms with Crippen molar-refractivity contribution in [2.24, 2.45) is 5.92 Å². The van der Waals surface area contributed by atoms with Crippen molar-refractivity contribution in [3.05, 3.63) is 70.4 Å². The minimum atomic E-state index is -1.02. The Balaban J connectivity index is 1.83. The maximum Gasteiger partial charge on any atom is 0.222 e. The number of nitrogens with one attached hydrogen (secondary N) is 2. The number of halogens is 3. The third-order valence-corrected chi connectivity index (χ3v) is 4.58. The van der Waals surface area contributed by atoms with Crippen LogP contribution in [0.15, 0.2) is 42.5 Å². The lowest BCUT2D eigenvalue weighted by Gasteiger charge is -2.15. The molecule has 2 N–H and O–H groups in total. The van der Waals surface area contributed by atoms with Crippen molar-refractivity contribution in [2.45, 2.75) is 26.9 Å². The molecule has 0 radical (unpaired) electrons. The summed E-state index contributed by atoms with van der Waals surface area (Å²) in [6.45, 7) is 4.39. The van der Waals surface area contributed by atoms with Gasteiger partial charge in [-0.05, 0) is 35.4 Å². The number of rotatable bonds is 6. The summed E-state index contributed by atoms with van der Waals surface area (Å²) in [4.78, 5) is 15.7. The van der Waals surface area contributed by atoms with Crippen LogP contribution in [-0.4, -0.2) is 10.9 Å². The molecule has 28 heavy (non-hydrogen) atoms. The largest absolute Gasteiger partial charge is 0.381 e. The smallest absolute Gasteiger partial charge is 0.222 e. The van der Waals surface area contributed by atoms with Crippen molar-refractivity contribution in [3.63, 3.8) is 0 Å². The van der Waals surface area contributed by atoms with Crippen molar-refractivity contribution in [1.82, 2.24) is 10.3 Å². The maximum absolute atomic E-state index is 14.1. The molecule has 4 nitrogen and oxygen atoms in total. The highest BCUT2D eigenvalue weighted by Gasteiger charge is 2.13. The number of fused-ring (bicyclic) bond motifs is 1. The molecule has 1 heterocycles. The number of para-hydroxylation sites is 1. The number of benzene rings is 2. The molecular weight excluding hydrogens is 384 g/mol. The second-order valence-corrected chi connectivity index (χ2v) is 7.13. The van der Waals surface area contributed by atoms with E-state index in [1.54, 1.807) is 6.07 Å². The molecule has 0 fully saturated rings. The Hall–Kier alpha value is -2.73. The van der Waals surface area contributed by atoms with Gasteiger partial charge in [0.1, 0.15) is 10.7 Å². The first-order chi connectivity index (χ1) is 13.4. The number of pyridine rings is 1. The SMILES string of the molecule is CC(C)C(=O)NCc1ccccc1NCc1cc(Cl)nc2c(F)c(F)ccc12. The number of hydrogen-bond donors (Lipinski definition) is 2. The normalized spacial score (nSPS) is 11.1. The third-order valence-electron chi connectivity index (χ3n) is 4.39. The average molecular weight is 404 g/mol. The Kier molecular flexibility index (Phi) is 6.09. The first-order valence-corrected chi connectivity index (χ1v) is 9.27. The van der Waals surface area contributed by atoms with Crippen LogP contribution < -0.4 is 10.6 Å². The summed E-state index contributed by atoms with van der Waals surface area (Å²) in [5.41, 5.74) is 2.34. The molecular formula is C21H20ClF2N3O. The predicted octanol–water partition coefficient (Wildman–Crippen LogP) is 5.05. The Morgan fingerprint density at radius 3 is 2.61 bits per heavy atom. The van der Waals surface area contributed by atoms with Crippen LogP contribution in [0.2, 0.25) is 5.15 Å². The molecule has 0 aliphatic rings. The van der Waals surface area contributed by atoms with Crippen LogP contribution in [0.4, 0.5) is 14.5 Å². The van der Waals surface area contributed by atoms with Gasteiger partial charge in [-0.3, -0.25) is 4.79 Å². The van der Waals surface area contributed by atoms with Crippen molar-refractivity contribution in [2.75, 3.05) is 5.32 Å². The molecule has 0 aliphatic heterocycles. The van der Waals surface area contributed by atoms with E-state index in [2.05, 4.69) is 15.6 Å². The molecule has 7 heteroatoms. The fourth-order valence-corrected chi connectivity index (χ4v) is 3.06. The van der Waals surface area contributed by atoms with Gasteiger partial charge in [0.25, 0.3) is 0 Å². The fourth-order valence-electron chi connectivity index (χ4n) is 2.84. The van der Waals surface area contributed by atoms with E-state index in [4.69, 9.17) is 11.6 Å². The van der Waals surface area contributed by atoms with Gasteiger partial charge in [-0.2, -0.15) is 0 Å². The van der Waals surface area contributed by atoms with Gasteiger partial charge in [0, 0.05) is 30.1 Å². The van der Waals surface area contributed by atoms with Crippen molar-refractivity contribution in [3.8, 4) is 0 Å². The lowest BCUT2D eigenvalue weighted by atomic mass is 10.1. The Morgan fingerprint density at radius 1 is 1.11 bits per heavy atom. The summed E-state index contributed by atoms with van der Waals surface area (Å²) in [6.07, 6.45) is 0. The molecule has 2 aromatic carbocycles. The first kappa shape index (κ1) is 20.0. The molecule has 0 atom stereocenters. The third kappa shape index (κ3) is 4.39.